The van der Waals surface area contributed by atoms with Crippen LogP contribution < -0.4 is 5.73 Å². The SMILES string of the molecule is CCN1CCC(N)C(N2CCN(C)CC2)C1. The van der Waals surface area contributed by atoms with Crippen molar-refractivity contribution in [2.24, 2.45) is 5.73 Å². The standard InChI is InChI=1S/C12H26N4/c1-3-15-5-4-11(13)12(10-15)16-8-6-14(2)7-9-16/h11-12H,3-10,13H2,1-2H3. The summed E-state index contributed by atoms with van der Waals surface area (Å²) in [4.78, 5) is 7.54. The van der Waals surface area contributed by atoms with Crippen molar-refractivity contribution in [3.8, 4) is 0 Å². The topological polar surface area (TPSA) is 35.7 Å². The zero-order valence-corrected chi connectivity index (χ0v) is 10.7. The van der Waals surface area contributed by atoms with Crippen LogP contribution in [0.1, 0.15) is 13.3 Å². The normalized spacial score (nSPS) is 35.4. The Bertz CT molecular complexity index is 213. The van der Waals surface area contributed by atoms with Gasteiger partial charge in [-0.05, 0) is 26.6 Å². The molecule has 0 amide bonds. The maximum absolute atomic E-state index is 6.28. The second-order valence-corrected chi connectivity index (χ2v) is 5.25. The highest BCUT2D eigenvalue weighted by molar-refractivity contribution is 4.91. The molecule has 0 aromatic rings. The molecule has 4 heteroatoms. The average molecular weight is 226 g/mol. The maximum Gasteiger partial charge on any atom is 0.0375 e. The van der Waals surface area contributed by atoms with Crippen molar-refractivity contribution in [2.45, 2.75) is 25.4 Å². The average Bonchev–Trinajstić information content (AvgIpc) is 2.31. The number of hydrogen-bond acceptors (Lipinski definition) is 4. The summed E-state index contributed by atoms with van der Waals surface area (Å²) in [5.41, 5.74) is 6.28. The molecule has 0 radical (unpaired) electrons. The van der Waals surface area contributed by atoms with Gasteiger partial charge < -0.3 is 15.5 Å². The Labute approximate surface area is 99.4 Å². The summed E-state index contributed by atoms with van der Waals surface area (Å²) in [5, 5.41) is 0. The molecule has 2 saturated heterocycles. The summed E-state index contributed by atoms with van der Waals surface area (Å²) in [7, 11) is 2.20. The number of piperazine rings is 1. The number of likely N-dealkylation sites (tertiary alicyclic amines) is 1. The highest BCUT2D eigenvalue weighted by atomic mass is 15.3. The summed E-state index contributed by atoms with van der Waals surface area (Å²) >= 11 is 0. The van der Waals surface area contributed by atoms with E-state index in [0.717, 1.165) is 13.0 Å². The Morgan fingerprint density at radius 3 is 2.44 bits per heavy atom. The lowest BCUT2D eigenvalue weighted by Crippen LogP contribution is -2.61. The van der Waals surface area contributed by atoms with Crippen LogP contribution in [0.5, 0.6) is 0 Å². The fourth-order valence-corrected chi connectivity index (χ4v) is 2.84. The number of rotatable bonds is 2. The molecule has 0 saturated carbocycles. The van der Waals surface area contributed by atoms with Crippen LogP contribution in [0.3, 0.4) is 0 Å². The molecule has 0 spiro atoms. The van der Waals surface area contributed by atoms with Gasteiger partial charge in [-0.1, -0.05) is 6.92 Å². The van der Waals surface area contributed by atoms with Crippen LogP contribution in [0.2, 0.25) is 0 Å². The molecule has 0 bridgehead atoms. The Morgan fingerprint density at radius 2 is 1.81 bits per heavy atom. The first kappa shape index (κ1) is 12.3. The molecule has 2 aliphatic rings. The van der Waals surface area contributed by atoms with Gasteiger partial charge in [0.1, 0.15) is 0 Å². The molecule has 2 atom stereocenters. The Morgan fingerprint density at radius 1 is 1.12 bits per heavy atom. The summed E-state index contributed by atoms with van der Waals surface area (Å²) in [6.07, 6.45) is 1.16. The number of nitrogens with zero attached hydrogens (tertiary/aromatic N) is 3. The third-order valence-corrected chi connectivity index (χ3v) is 4.17. The lowest BCUT2D eigenvalue weighted by Gasteiger charge is -2.45. The second kappa shape index (κ2) is 5.45. The van der Waals surface area contributed by atoms with E-state index in [4.69, 9.17) is 5.73 Å². The van der Waals surface area contributed by atoms with E-state index in [-0.39, 0.29) is 0 Å². The van der Waals surface area contributed by atoms with E-state index >= 15 is 0 Å². The Balaban J connectivity index is 1.90. The van der Waals surface area contributed by atoms with Crippen molar-refractivity contribution in [1.82, 2.24) is 14.7 Å². The van der Waals surface area contributed by atoms with E-state index in [1.807, 2.05) is 0 Å². The molecule has 4 nitrogen and oxygen atoms in total. The van der Waals surface area contributed by atoms with E-state index in [2.05, 4.69) is 28.7 Å². The fourth-order valence-electron chi connectivity index (χ4n) is 2.84. The highest BCUT2D eigenvalue weighted by Gasteiger charge is 2.31. The molecule has 2 N–H and O–H groups in total. The minimum Gasteiger partial charge on any atom is -0.326 e. The highest BCUT2D eigenvalue weighted by Crippen LogP contribution is 2.16. The molecule has 2 aliphatic heterocycles. The van der Waals surface area contributed by atoms with Crippen LogP contribution in [0.25, 0.3) is 0 Å². The van der Waals surface area contributed by atoms with Crippen molar-refractivity contribution < 1.29 is 0 Å². The van der Waals surface area contributed by atoms with Crippen LogP contribution >= 0.6 is 0 Å². The van der Waals surface area contributed by atoms with Crippen molar-refractivity contribution in [3.63, 3.8) is 0 Å². The molecular formula is C12H26N4. The molecule has 0 aromatic carbocycles. The van der Waals surface area contributed by atoms with Gasteiger partial charge in [0.25, 0.3) is 0 Å². The third-order valence-electron chi connectivity index (χ3n) is 4.17. The Kier molecular flexibility index (Phi) is 4.19. The van der Waals surface area contributed by atoms with Gasteiger partial charge in [0.2, 0.25) is 0 Å². The van der Waals surface area contributed by atoms with E-state index in [1.54, 1.807) is 0 Å². The number of hydrogen-bond donors (Lipinski definition) is 1. The van der Waals surface area contributed by atoms with E-state index in [0.29, 0.717) is 12.1 Å². The number of piperidine rings is 1. The van der Waals surface area contributed by atoms with Crippen molar-refractivity contribution in [1.29, 1.82) is 0 Å². The smallest absolute Gasteiger partial charge is 0.0375 e. The lowest BCUT2D eigenvalue weighted by molar-refractivity contribution is 0.0501. The third kappa shape index (κ3) is 2.74. The van der Waals surface area contributed by atoms with Crippen LogP contribution in [0.4, 0.5) is 0 Å². The lowest BCUT2D eigenvalue weighted by atomic mass is 9.98. The summed E-state index contributed by atoms with van der Waals surface area (Å²) < 4.78 is 0. The van der Waals surface area contributed by atoms with Crippen molar-refractivity contribution in [3.05, 3.63) is 0 Å². The molecule has 2 rings (SSSR count). The van der Waals surface area contributed by atoms with Crippen LogP contribution in [0, 0.1) is 0 Å². The van der Waals surface area contributed by atoms with E-state index < -0.39 is 0 Å². The molecule has 0 aliphatic carbocycles. The van der Waals surface area contributed by atoms with Gasteiger partial charge in [0.15, 0.2) is 0 Å². The van der Waals surface area contributed by atoms with Gasteiger partial charge in [-0.3, -0.25) is 4.90 Å². The van der Waals surface area contributed by atoms with Crippen LogP contribution in [-0.4, -0.2) is 79.6 Å². The summed E-state index contributed by atoms with van der Waals surface area (Å²) in [5.74, 6) is 0. The number of nitrogens with two attached hydrogens (primary N) is 1. The first-order valence-corrected chi connectivity index (χ1v) is 6.61. The predicted octanol–water partition coefficient (Wildman–Crippen LogP) is -0.345. The monoisotopic (exact) mass is 226 g/mol. The van der Waals surface area contributed by atoms with Gasteiger partial charge in [-0.2, -0.15) is 0 Å². The first-order chi connectivity index (χ1) is 7.70. The van der Waals surface area contributed by atoms with Gasteiger partial charge >= 0.3 is 0 Å². The molecular weight excluding hydrogens is 200 g/mol. The summed E-state index contributed by atoms with van der Waals surface area (Å²) in [6, 6.07) is 0.966. The molecule has 2 heterocycles. The van der Waals surface area contributed by atoms with Gasteiger partial charge in [-0.15, -0.1) is 0 Å². The fraction of sp³-hybridized carbons (Fsp3) is 1.00. The van der Waals surface area contributed by atoms with Gasteiger partial charge in [0, 0.05) is 44.8 Å². The Hall–Kier alpha value is -0.160. The summed E-state index contributed by atoms with van der Waals surface area (Å²) in [6.45, 7) is 10.5. The van der Waals surface area contributed by atoms with Crippen molar-refractivity contribution >= 4 is 0 Å². The van der Waals surface area contributed by atoms with E-state index in [9.17, 15) is 0 Å². The van der Waals surface area contributed by atoms with Crippen LogP contribution in [0.15, 0.2) is 0 Å². The van der Waals surface area contributed by atoms with Gasteiger partial charge in [0.05, 0.1) is 0 Å². The van der Waals surface area contributed by atoms with E-state index in [1.165, 1.54) is 39.3 Å². The minimum absolute atomic E-state index is 0.381. The predicted molar refractivity (Wildman–Crippen MR) is 67.6 cm³/mol. The van der Waals surface area contributed by atoms with Gasteiger partial charge in [-0.25, -0.2) is 0 Å². The molecule has 0 aromatic heterocycles. The first-order valence-electron chi connectivity index (χ1n) is 6.61. The molecule has 2 fully saturated rings. The maximum atomic E-state index is 6.28. The van der Waals surface area contributed by atoms with Crippen molar-refractivity contribution in [2.75, 3.05) is 52.9 Å². The zero-order valence-electron chi connectivity index (χ0n) is 10.7. The zero-order chi connectivity index (χ0) is 11.5. The molecule has 94 valence electrons. The number of likely N-dealkylation sites (N-methyl/N-ethyl adjacent to an activating group) is 2. The van der Waals surface area contributed by atoms with Crippen LogP contribution in [-0.2, 0) is 0 Å². The molecule has 16 heavy (non-hydrogen) atoms. The second-order valence-electron chi connectivity index (χ2n) is 5.25. The largest absolute Gasteiger partial charge is 0.326 e. The quantitative estimate of drug-likeness (QED) is 0.698. The minimum atomic E-state index is 0.381. The molecule has 2 unspecified atom stereocenters.